The van der Waals surface area contributed by atoms with E-state index in [9.17, 15) is 4.79 Å². The van der Waals surface area contributed by atoms with Crippen molar-refractivity contribution >= 4 is 22.5 Å². The first kappa shape index (κ1) is 20.7. The van der Waals surface area contributed by atoms with Crippen molar-refractivity contribution in [3.8, 4) is 11.1 Å². The Morgan fingerprint density at radius 3 is 2.73 bits per heavy atom. The van der Waals surface area contributed by atoms with E-state index in [2.05, 4.69) is 47.8 Å². The van der Waals surface area contributed by atoms with Crippen molar-refractivity contribution in [3.63, 3.8) is 0 Å². The van der Waals surface area contributed by atoms with E-state index in [4.69, 9.17) is 0 Å². The molecule has 0 aliphatic carbocycles. The van der Waals surface area contributed by atoms with Crippen LogP contribution in [0.25, 0.3) is 22.0 Å². The number of hydrogen-bond acceptors (Lipinski definition) is 5. The largest absolute Gasteiger partial charge is 0.318 e. The van der Waals surface area contributed by atoms with Crippen molar-refractivity contribution in [2.75, 3.05) is 26.0 Å². The van der Waals surface area contributed by atoms with Crippen LogP contribution in [0.15, 0.2) is 73.3 Å². The van der Waals surface area contributed by atoms with E-state index in [0.29, 0.717) is 11.4 Å². The molecule has 0 aliphatic heterocycles. The molecule has 0 saturated carbocycles. The molecule has 3 N–H and O–H groups in total. The molecule has 0 fully saturated rings. The first-order valence-corrected chi connectivity index (χ1v) is 10.6. The van der Waals surface area contributed by atoms with Gasteiger partial charge >= 0.3 is 0 Å². The van der Waals surface area contributed by atoms with Gasteiger partial charge in [-0.15, -0.1) is 0 Å². The number of nitrogens with one attached hydrogen (secondary N) is 3. The summed E-state index contributed by atoms with van der Waals surface area (Å²) < 4.78 is 1.88. The molecule has 5 aromatic rings. The van der Waals surface area contributed by atoms with Crippen LogP contribution in [0, 0.1) is 0 Å². The summed E-state index contributed by atoms with van der Waals surface area (Å²) in [4.78, 5) is 15.1. The predicted molar refractivity (Wildman–Crippen MR) is 127 cm³/mol. The lowest BCUT2D eigenvalue weighted by Crippen LogP contribution is -2.25. The fraction of sp³-hybridized carbons (Fsp3) is 0.167. The summed E-state index contributed by atoms with van der Waals surface area (Å²) in [5.41, 5.74) is 4.84. The van der Waals surface area contributed by atoms with Gasteiger partial charge in [0.25, 0.3) is 5.91 Å². The Bertz CT molecular complexity index is 1370. The molecular formula is C24H24N8O. The second-order valence-electron chi connectivity index (χ2n) is 8.17. The maximum absolute atomic E-state index is 13.0. The van der Waals surface area contributed by atoms with E-state index < -0.39 is 0 Å². The summed E-state index contributed by atoms with van der Waals surface area (Å²) >= 11 is 0. The lowest BCUT2D eigenvalue weighted by atomic mass is 10.1. The minimum absolute atomic E-state index is 0.0272. The molecule has 0 spiro atoms. The average molecular weight is 441 g/mol. The van der Waals surface area contributed by atoms with Gasteiger partial charge in [-0.3, -0.25) is 19.7 Å². The molecule has 33 heavy (non-hydrogen) atoms. The van der Waals surface area contributed by atoms with Gasteiger partial charge in [-0.25, -0.2) is 0 Å². The van der Waals surface area contributed by atoms with Crippen molar-refractivity contribution < 1.29 is 4.79 Å². The number of hydrogen-bond donors (Lipinski definition) is 3. The second-order valence-corrected chi connectivity index (χ2v) is 8.17. The summed E-state index contributed by atoms with van der Waals surface area (Å²) in [5, 5.41) is 22.2. The van der Waals surface area contributed by atoms with Gasteiger partial charge in [0.1, 0.15) is 0 Å². The smallest absolute Gasteiger partial charge is 0.276 e. The molecule has 0 saturated heterocycles. The standard InChI is InChI=1S/C24H24N8O/c1-31(2)15-22(16-6-4-3-5-7-16)32-14-19(13-27-32)28-24(33)23-20-9-8-17(10-21(20)29-30-23)18-11-25-26-12-18/h3-14,22H,15H2,1-2H3,(H,25,26)(H,28,33)(H,29,30). The van der Waals surface area contributed by atoms with Gasteiger partial charge in [-0.05, 0) is 37.4 Å². The van der Waals surface area contributed by atoms with E-state index >= 15 is 0 Å². The number of rotatable bonds is 7. The van der Waals surface area contributed by atoms with Gasteiger partial charge in [-0.2, -0.15) is 15.3 Å². The maximum Gasteiger partial charge on any atom is 0.276 e. The summed E-state index contributed by atoms with van der Waals surface area (Å²) in [7, 11) is 4.06. The van der Waals surface area contributed by atoms with Crippen molar-refractivity contribution in [3.05, 3.63) is 84.6 Å². The molecule has 3 heterocycles. The maximum atomic E-state index is 13.0. The van der Waals surface area contributed by atoms with Gasteiger partial charge in [0.05, 0.1) is 29.6 Å². The summed E-state index contributed by atoms with van der Waals surface area (Å²) in [6, 6.07) is 16.0. The minimum Gasteiger partial charge on any atom is -0.318 e. The number of benzene rings is 2. The lowest BCUT2D eigenvalue weighted by molar-refractivity contribution is 0.102. The third kappa shape index (κ3) is 4.26. The number of fused-ring (bicyclic) bond motifs is 1. The van der Waals surface area contributed by atoms with Crippen LogP contribution in [-0.4, -0.2) is 61.6 Å². The van der Waals surface area contributed by atoms with Gasteiger partial charge in [0.2, 0.25) is 0 Å². The van der Waals surface area contributed by atoms with Gasteiger partial charge < -0.3 is 10.2 Å². The number of likely N-dealkylation sites (N-methyl/N-ethyl adjacent to an activating group) is 1. The highest BCUT2D eigenvalue weighted by Crippen LogP contribution is 2.25. The monoisotopic (exact) mass is 440 g/mol. The minimum atomic E-state index is -0.291. The highest BCUT2D eigenvalue weighted by atomic mass is 16.2. The first-order valence-electron chi connectivity index (χ1n) is 10.6. The number of carbonyl (C=O) groups is 1. The van der Waals surface area contributed by atoms with Gasteiger partial charge in [0.15, 0.2) is 5.69 Å². The molecule has 0 bridgehead atoms. The molecule has 3 aromatic heterocycles. The van der Waals surface area contributed by atoms with Crippen LogP contribution >= 0.6 is 0 Å². The number of anilines is 1. The summed E-state index contributed by atoms with van der Waals surface area (Å²) in [5.74, 6) is -0.291. The van der Waals surface area contributed by atoms with E-state index in [1.165, 1.54) is 0 Å². The number of carbonyl (C=O) groups excluding carboxylic acids is 1. The van der Waals surface area contributed by atoms with Crippen LogP contribution in [0.3, 0.4) is 0 Å². The molecule has 1 amide bonds. The zero-order valence-corrected chi connectivity index (χ0v) is 18.4. The fourth-order valence-corrected chi connectivity index (χ4v) is 3.91. The van der Waals surface area contributed by atoms with Crippen molar-refractivity contribution in [2.24, 2.45) is 0 Å². The number of H-pyrrole nitrogens is 2. The van der Waals surface area contributed by atoms with E-state index in [0.717, 1.165) is 34.1 Å². The predicted octanol–water partition coefficient (Wildman–Crippen LogP) is 3.55. The number of nitrogens with zero attached hydrogens (tertiary/aromatic N) is 5. The third-order valence-corrected chi connectivity index (χ3v) is 5.51. The molecule has 2 aromatic carbocycles. The zero-order chi connectivity index (χ0) is 22.8. The van der Waals surface area contributed by atoms with Crippen LogP contribution in [0.5, 0.6) is 0 Å². The van der Waals surface area contributed by atoms with Crippen LogP contribution in [0.1, 0.15) is 22.1 Å². The molecule has 1 unspecified atom stereocenters. The molecule has 9 heteroatoms. The lowest BCUT2D eigenvalue weighted by Gasteiger charge is -2.22. The Labute approximate surface area is 190 Å². The molecule has 5 rings (SSSR count). The van der Waals surface area contributed by atoms with E-state index in [1.54, 1.807) is 12.4 Å². The SMILES string of the molecule is CN(C)CC(c1ccccc1)n1cc(NC(=O)c2n[nH]c3cc(-c4cn[nH]c4)ccc23)cn1. The quantitative estimate of drug-likeness (QED) is 0.359. The molecule has 0 radical (unpaired) electrons. The Kier molecular flexibility index (Phi) is 5.45. The van der Waals surface area contributed by atoms with Crippen LogP contribution in [-0.2, 0) is 0 Å². The highest BCUT2D eigenvalue weighted by molar-refractivity contribution is 6.11. The van der Waals surface area contributed by atoms with Crippen molar-refractivity contribution in [1.29, 1.82) is 0 Å². The zero-order valence-electron chi connectivity index (χ0n) is 18.4. The Morgan fingerprint density at radius 2 is 1.97 bits per heavy atom. The molecule has 0 aliphatic rings. The van der Waals surface area contributed by atoms with Crippen LogP contribution in [0.2, 0.25) is 0 Å². The molecule has 9 nitrogen and oxygen atoms in total. The van der Waals surface area contributed by atoms with Crippen molar-refractivity contribution in [2.45, 2.75) is 6.04 Å². The number of amides is 1. The van der Waals surface area contributed by atoms with Gasteiger partial charge in [-0.1, -0.05) is 36.4 Å². The Hall–Kier alpha value is -4.24. The number of aromatic nitrogens is 6. The van der Waals surface area contributed by atoms with Crippen molar-refractivity contribution in [1.82, 2.24) is 35.1 Å². The normalized spacial score (nSPS) is 12.3. The van der Waals surface area contributed by atoms with E-state index in [-0.39, 0.29) is 11.9 Å². The highest BCUT2D eigenvalue weighted by Gasteiger charge is 2.19. The van der Waals surface area contributed by atoms with Crippen LogP contribution < -0.4 is 5.32 Å². The molecular weight excluding hydrogens is 416 g/mol. The second kappa shape index (κ2) is 8.71. The summed E-state index contributed by atoms with van der Waals surface area (Å²) in [6.07, 6.45) is 7.09. The fourth-order valence-electron chi connectivity index (χ4n) is 3.91. The van der Waals surface area contributed by atoms with Gasteiger partial charge in [0, 0.05) is 29.9 Å². The first-order chi connectivity index (χ1) is 16.1. The average Bonchev–Trinajstić information content (AvgIpc) is 3.58. The summed E-state index contributed by atoms with van der Waals surface area (Å²) in [6.45, 7) is 0.780. The topological polar surface area (TPSA) is 108 Å². The van der Waals surface area contributed by atoms with Crippen LogP contribution in [0.4, 0.5) is 5.69 Å². The van der Waals surface area contributed by atoms with E-state index in [1.807, 2.05) is 67.6 Å². The molecule has 166 valence electrons. The Balaban J connectivity index is 1.37. The Morgan fingerprint density at radius 1 is 1.12 bits per heavy atom. The molecule has 1 atom stereocenters. The number of aromatic amines is 2. The third-order valence-electron chi connectivity index (χ3n) is 5.51.